The van der Waals surface area contributed by atoms with Crippen LogP contribution in [0.3, 0.4) is 0 Å². The van der Waals surface area contributed by atoms with E-state index in [1.807, 2.05) is 6.92 Å². The van der Waals surface area contributed by atoms with Gasteiger partial charge < -0.3 is 4.90 Å². The minimum atomic E-state index is -3.61. The topological polar surface area (TPSA) is 66.5 Å². The third kappa shape index (κ3) is 3.82. The Morgan fingerprint density at radius 1 is 1.22 bits per heavy atom. The first kappa shape index (κ1) is 14.7. The van der Waals surface area contributed by atoms with Gasteiger partial charge in [0.25, 0.3) is 0 Å². The minimum absolute atomic E-state index is 0.172. The molecular formula is C12H18N2O3S. The van der Waals surface area contributed by atoms with E-state index < -0.39 is 10.0 Å². The molecular weight excluding hydrogens is 252 g/mol. The monoisotopic (exact) mass is 270 g/mol. The number of nitrogens with one attached hydrogen (secondary N) is 1. The number of hydrogen-bond acceptors (Lipinski definition) is 3. The number of carbonyl (C=O) groups is 1. The number of hydrogen-bond donors (Lipinski definition) is 1. The van der Waals surface area contributed by atoms with Crippen LogP contribution in [0, 0.1) is 0 Å². The fraction of sp³-hybridized carbons (Fsp3) is 0.417. The summed E-state index contributed by atoms with van der Waals surface area (Å²) in [5.74, 6) is -0.288. The molecule has 0 spiro atoms. The summed E-state index contributed by atoms with van der Waals surface area (Å²) in [6.07, 6.45) is 0.854. The summed E-state index contributed by atoms with van der Waals surface area (Å²) >= 11 is 0. The van der Waals surface area contributed by atoms with E-state index in [0.717, 1.165) is 12.0 Å². The molecule has 0 radical (unpaired) electrons. The van der Waals surface area contributed by atoms with Crippen LogP contribution in [0.4, 0.5) is 0 Å². The van der Waals surface area contributed by atoms with Crippen LogP contribution in [0.1, 0.15) is 12.5 Å². The molecule has 1 aromatic carbocycles. The Morgan fingerprint density at radius 3 is 2.22 bits per heavy atom. The summed E-state index contributed by atoms with van der Waals surface area (Å²) in [7, 11) is -0.459. The van der Waals surface area contributed by atoms with Crippen molar-refractivity contribution >= 4 is 15.9 Å². The zero-order valence-corrected chi connectivity index (χ0v) is 11.6. The number of sulfonamides is 1. The van der Waals surface area contributed by atoms with Crippen molar-refractivity contribution in [3.8, 4) is 0 Å². The maximum absolute atomic E-state index is 11.9. The first-order valence-electron chi connectivity index (χ1n) is 5.65. The predicted octanol–water partition coefficient (Wildman–Crippen LogP) is 0.615. The average Bonchev–Trinajstić information content (AvgIpc) is 2.36. The number of aryl methyl sites for hydroxylation is 1. The second-order valence-corrected chi connectivity index (χ2v) is 5.88. The van der Waals surface area contributed by atoms with Gasteiger partial charge in [-0.15, -0.1) is 0 Å². The number of nitrogens with zero attached hydrogens (tertiary/aromatic N) is 1. The lowest BCUT2D eigenvalue weighted by Crippen LogP contribution is -2.36. The highest BCUT2D eigenvalue weighted by Crippen LogP contribution is 2.10. The number of carbonyl (C=O) groups excluding carboxylic acids is 1. The van der Waals surface area contributed by atoms with Crippen molar-refractivity contribution in [2.75, 3.05) is 20.6 Å². The molecule has 0 aliphatic carbocycles. The van der Waals surface area contributed by atoms with Crippen molar-refractivity contribution in [2.45, 2.75) is 18.2 Å². The van der Waals surface area contributed by atoms with Crippen LogP contribution in [0.25, 0.3) is 0 Å². The van der Waals surface area contributed by atoms with Gasteiger partial charge in [-0.05, 0) is 24.1 Å². The highest BCUT2D eigenvalue weighted by atomic mass is 32.2. The van der Waals surface area contributed by atoms with Crippen LogP contribution in [-0.4, -0.2) is 39.9 Å². The molecule has 0 aliphatic heterocycles. The SMILES string of the molecule is CCc1ccc(S(=O)(=O)NCC(=O)N(C)C)cc1. The Labute approximate surface area is 108 Å². The molecule has 0 heterocycles. The quantitative estimate of drug-likeness (QED) is 0.852. The maximum Gasteiger partial charge on any atom is 0.241 e. The third-order valence-electron chi connectivity index (χ3n) is 2.55. The molecule has 0 atom stereocenters. The molecule has 1 aromatic rings. The van der Waals surface area contributed by atoms with E-state index >= 15 is 0 Å². The number of benzene rings is 1. The molecule has 5 nitrogen and oxygen atoms in total. The first-order chi connectivity index (χ1) is 8.36. The summed E-state index contributed by atoms with van der Waals surface area (Å²) < 4.78 is 26.0. The molecule has 6 heteroatoms. The summed E-state index contributed by atoms with van der Waals surface area (Å²) in [6, 6.07) is 6.62. The predicted molar refractivity (Wildman–Crippen MR) is 69.7 cm³/mol. The molecule has 1 N–H and O–H groups in total. The molecule has 0 bridgehead atoms. The lowest BCUT2D eigenvalue weighted by Gasteiger charge is -2.11. The van der Waals surface area contributed by atoms with E-state index in [0.29, 0.717) is 0 Å². The highest BCUT2D eigenvalue weighted by Gasteiger charge is 2.15. The van der Waals surface area contributed by atoms with Crippen molar-refractivity contribution in [2.24, 2.45) is 0 Å². The van der Waals surface area contributed by atoms with Crippen molar-refractivity contribution < 1.29 is 13.2 Å². The van der Waals surface area contributed by atoms with Crippen molar-refractivity contribution in [3.05, 3.63) is 29.8 Å². The number of likely N-dealkylation sites (N-methyl/N-ethyl adjacent to an activating group) is 1. The van der Waals surface area contributed by atoms with Gasteiger partial charge in [-0.25, -0.2) is 13.1 Å². The van der Waals surface area contributed by atoms with E-state index in [2.05, 4.69) is 4.72 Å². The summed E-state index contributed by atoms with van der Waals surface area (Å²) in [4.78, 5) is 12.8. The van der Waals surface area contributed by atoms with E-state index in [9.17, 15) is 13.2 Å². The Balaban J connectivity index is 2.77. The zero-order valence-electron chi connectivity index (χ0n) is 10.8. The van der Waals surface area contributed by atoms with E-state index in [1.165, 1.54) is 4.90 Å². The van der Waals surface area contributed by atoms with Crippen LogP contribution in [-0.2, 0) is 21.2 Å². The van der Waals surface area contributed by atoms with Gasteiger partial charge in [0.2, 0.25) is 15.9 Å². The summed E-state index contributed by atoms with van der Waals surface area (Å²) in [6.45, 7) is 1.77. The van der Waals surface area contributed by atoms with Crippen LogP contribution < -0.4 is 4.72 Å². The van der Waals surface area contributed by atoms with Crippen molar-refractivity contribution in [1.82, 2.24) is 9.62 Å². The fourth-order valence-electron chi connectivity index (χ4n) is 1.30. The Kier molecular flexibility index (Phi) is 4.86. The van der Waals surface area contributed by atoms with Gasteiger partial charge in [0.05, 0.1) is 11.4 Å². The molecule has 0 unspecified atom stereocenters. The van der Waals surface area contributed by atoms with Crippen LogP contribution in [0.2, 0.25) is 0 Å². The second-order valence-electron chi connectivity index (χ2n) is 4.11. The second kappa shape index (κ2) is 5.97. The standard InChI is InChI=1S/C12H18N2O3S/c1-4-10-5-7-11(8-6-10)18(16,17)13-9-12(15)14(2)3/h5-8,13H,4,9H2,1-3H3. The average molecular weight is 270 g/mol. The molecule has 0 saturated carbocycles. The van der Waals surface area contributed by atoms with Gasteiger partial charge in [-0.2, -0.15) is 0 Å². The van der Waals surface area contributed by atoms with E-state index in [1.54, 1.807) is 38.4 Å². The molecule has 1 rings (SSSR count). The molecule has 100 valence electrons. The van der Waals surface area contributed by atoms with Gasteiger partial charge in [0.15, 0.2) is 0 Å². The highest BCUT2D eigenvalue weighted by molar-refractivity contribution is 7.89. The molecule has 0 fully saturated rings. The van der Waals surface area contributed by atoms with Gasteiger partial charge >= 0.3 is 0 Å². The Bertz CT molecular complexity index is 507. The van der Waals surface area contributed by atoms with Crippen molar-refractivity contribution in [3.63, 3.8) is 0 Å². The number of rotatable bonds is 5. The lowest BCUT2D eigenvalue weighted by atomic mass is 10.2. The van der Waals surface area contributed by atoms with Gasteiger partial charge in [0, 0.05) is 14.1 Å². The molecule has 0 aromatic heterocycles. The fourth-order valence-corrected chi connectivity index (χ4v) is 2.28. The minimum Gasteiger partial charge on any atom is -0.348 e. The van der Waals surface area contributed by atoms with E-state index in [4.69, 9.17) is 0 Å². The lowest BCUT2D eigenvalue weighted by molar-refractivity contribution is -0.127. The van der Waals surface area contributed by atoms with Crippen LogP contribution >= 0.6 is 0 Å². The number of amides is 1. The maximum atomic E-state index is 11.9. The van der Waals surface area contributed by atoms with Gasteiger partial charge in [0.1, 0.15) is 0 Å². The molecule has 18 heavy (non-hydrogen) atoms. The summed E-state index contributed by atoms with van der Waals surface area (Å²) in [5, 5.41) is 0. The zero-order chi connectivity index (χ0) is 13.8. The first-order valence-corrected chi connectivity index (χ1v) is 7.14. The third-order valence-corrected chi connectivity index (χ3v) is 3.97. The summed E-state index contributed by atoms with van der Waals surface area (Å²) in [5.41, 5.74) is 1.07. The largest absolute Gasteiger partial charge is 0.348 e. The molecule has 1 amide bonds. The molecule has 0 aliphatic rings. The van der Waals surface area contributed by atoms with Gasteiger partial charge in [-0.1, -0.05) is 19.1 Å². The van der Waals surface area contributed by atoms with Crippen LogP contribution in [0.15, 0.2) is 29.2 Å². The van der Waals surface area contributed by atoms with Crippen LogP contribution in [0.5, 0.6) is 0 Å². The molecule has 0 saturated heterocycles. The van der Waals surface area contributed by atoms with E-state index in [-0.39, 0.29) is 17.3 Å². The van der Waals surface area contributed by atoms with Gasteiger partial charge in [-0.3, -0.25) is 4.79 Å². The van der Waals surface area contributed by atoms with Crippen molar-refractivity contribution in [1.29, 1.82) is 0 Å². The normalized spacial score (nSPS) is 11.3. The Hall–Kier alpha value is -1.40. The smallest absolute Gasteiger partial charge is 0.241 e. The Morgan fingerprint density at radius 2 is 1.78 bits per heavy atom.